The molecule has 0 spiro atoms. The lowest BCUT2D eigenvalue weighted by atomic mass is 9.99. The van der Waals surface area contributed by atoms with Crippen LogP contribution in [0.4, 0.5) is 17.8 Å². The van der Waals surface area contributed by atoms with E-state index in [-0.39, 0.29) is 19.1 Å². The summed E-state index contributed by atoms with van der Waals surface area (Å²) in [6.07, 6.45) is 0.484. The summed E-state index contributed by atoms with van der Waals surface area (Å²) in [5, 5.41) is 26.8. The number of aromatic nitrogens is 3. The monoisotopic (exact) mass is 326 g/mol. The van der Waals surface area contributed by atoms with Crippen molar-refractivity contribution in [1.82, 2.24) is 15.0 Å². The third kappa shape index (κ3) is 7.59. The third-order valence-electron chi connectivity index (χ3n) is 2.86. The number of aliphatic carboxylic acids is 1. The second kappa shape index (κ2) is 8.47. The molecule has 0 radical (unpaired) electrons. The number of hydrogen-bond acceptors (Lipinski definition) is 8. The van der Waals surface area contributed by atoms with E-state index in [1.807, 2.05) is 27.7 Å². The molecule has 0 bridgehead atoms. The Labute approximate surface area is 136 Å². The summed E-state index contributed by atoms with van der Waals surface area (Å²) in [6, 6.07) is 0.149. The highest BCUT2D eigenvalue weighted by Crippen LogP contribution is 2.19. The quantitative estimate of drug-likeness (QED) is 0.429. The fourth-order valence-corrected chi connectivity index (χ4v) is 1.79. The maximum absolute atomic E-state index is 10.7. The van der Waals surface area contributed by atoms with Crippen molar-refractivity contribution in [3.8, 4) is 0 Å². The fraction of sp³-hybridized carbons (Fsp3) is 0.714. The number of rotatable bonds is 10. The van der Waals surface area contributed by atoms with Crippen LogP contribution >= 0.6 is 0 Å². The van der Waals surface area contributed by atoms with Crippen LogP contribution in [0.1, 0.15) is 40.5 Å². The van der Waals surface area contributed by atoms with Gasteiger partial charge in [0.25, 0.3) is 0 Å². The Hall–Kier alpha value is -2.16. The predicted molar refractivity (Wildman–Crippen MR) is 88.7 cm³/mol. The van der Waals surface area contributed by atoms with Gasteiger partial charge in [0, 0.05) is 24.5 Å². The summed E-state index contributed by atoms with van der Waals surface area (Å²) in [6.45, 7) is 7.99. The summed E-state index contributed by atoms with van der Waals surface area (Å²) >= 11 is 0. The molecule has 0 aromatic carbocycles. The van der Waals surface area contributed by atoms with Gasteiger partial charge in [-0.15, -0.1) is 0 Å². The van der Waals surface area contributed by atoms with Gasteiger partial charge in [-0.1, -0.05) is 0 Å². The van der Waals surface area contributed by atoms with E-state index in [4.69, 9.17) is 10.2 Å². The van der Waals surface area contributed by atoms with Gasteiger partial charge in [0.1, 0.15) is 0 Å². The molecule has 1 rings (SSSR count). The van der Waals surface area contributed by atoms with Crippen LogP contribution in [-0.4, -0.2) is 55.9 Å². The van der Waals surface area contributed by atoms with Crippen molar-refractivity contribution in [3.05, 3.63) is 0 Å². The minimum Gasteiger partial charge on any atom is -0.481 e. The Kier molecular flexibility index (Phi) is 6.95. The van der Waals surface area contributed by atoms with Gasteiger partial charge in [-0.2, -0.15) is 15.0 Å². The van der Waals surface area contributed by atoms with E-state index in [1.54, 1.807) is 0 Å². The summed E-state index contributed by atoms with van der Waals surface area (Å²) in [5.41, 5.74) is -0.483. The number of carbonyl (C=O) groups is 1. The molecule has 0 unspecified atom stereocenters. The van der Waals surface area contributed by atoms with Gasteiger partial charge in [0.2, 0.25) is 17.8 Å². The Morgan fingerprint density at radius 1 is 1.17 bits per heavy atom. The Bertz CT molecular complexity index is 521. The maximum atomic E-state index is 10.7. The molecule has 1 aromatic heterocycles. The SMILES string of the molecule is CC(C)Nc1nc(NCCO)nc(NC(C)(C)CCC(=O)O)n1. The molecule has 1 aromatic rings. The molecule has 0 aliphatic carbocycles. The zero-order valence-corrected chi connectivity index (χ0v) is 14.1. The van der Waals surface area contributed by atoms with Crippen molar-refractivity contribution in [1.29, 1.82) is 0 Å². The molecule has 0 aliphatic rings. The van der Waals surface area contributed by atoms with Crippen LogP contribution < -0.4 is 16.0 Å². The summed E-state index contributed by atoms with van der Waals surface area (Å²) < 4.78 is 0. The van der Waals surface area contributed by atoms with Crippen LogP contribution in [-0.2, 0) is 4.79 Å². The maximum Gasteiger partial charge on any atom is 0.303 e. The van der Waals surface area contributed by atoms with Gasteiger partial charge in [0.05, 0.1) is 6.61 Å². The number of aliphatic hydroxyl groups excluding tert-OH is 1. The highest BCUT2D eigenvalue weighted by Gasteiger charge is 2.21. The lowest BCUT2D eigenvalue weighted by molar-refractivity contribution is -0.137. The minimum atomic E-state index is -0.844. The van der Waals surface area contributed by atoms with E-state index in [0.29, 0.717) is 30.8 Å². The molecule has 0 fully saturated rings. The molecule has 1 heterocycles. The number of aliphatic hydroxyl groups is 1. The highest BCUT2D eigenvalue weighted by atomic mass is 16.4. The first kappa shape index (κ1) is 18.9. The van der Waals surface area contributed by atoms with Gasteiger partial charge >= 0.3 is 5.97 Å². The Morgan fingerprint density at radius 3 is 2.35 bits per heavy atom. The van der Waals surface area contributed by atoms with E-state index in [0.717, 1.165) is 0 Å². The van der Waals surface area contributed by atoms with Gasteiger partial charge in [-0.3, -0.25) is 4.79 Å². The van der Waals surface area contributed by atoms with Crippen LogP contribution in [0.5, 0.6) is 0 Å². The van der Waals surface area contributed by atoms with Gasteiger partial charge < -0.3 is 26.2 Å². The van der Waals surface area contributed by atoms with Gasteiger partial charge in [-0.25, -0.2) is 0 Å². The highest BCUT2D eigenvalue weighted by molar-refractivity contribution is 5.66. The van der Waals surface area contributed by atoms with Crippen molar-refractivity contribution >= 4 is 23.8 Å². The van der Waals surface area contributed by atoms with Crippen LogP contribution in [0.3, 0.4) is 0 Å². The molecule has 9 nitrogen and oxygen atoms in total. The number of hydrogen-bond donors (Lipinski definition) is 5. The smallest absolute Gasteiger partial charge is 0.303 e. The fourth-order valence-electron chi connectivity index (χ4n) is 1.79. The molecule has 23 heavy (non-hydrogen) atoms. The molecule has 5 N–H and O–H groups in total. The molecule has 130 valence electrons. The third-order valence-corrected chi connectivity index (χ3v) is 2.86. The first-order chi connectivity index (χ1) is 10.7. The standard InChI is InChI=1S/C14H26N6O3/c1-9(2)16-12-17-11(15-7-8-21)18-13(19-12)20-14(3,4)6-5-10(22)23/h9,21H,5-8H2,1-4H3,(H,22,23)(H3,15,16,17,18,19,20). The lowest BCUT2D eigenvalue weighted by Crippen LogP contribution is -2.33. The molecule has 0 aliphatic heterocycles. The number of carboxylic acids is 1. The summed E-state index contributed by atoms with van der Waals surface area (Å²) in [7, 11) is 0. The second-order valence-corrected chi connectivity index (χ2v) is 6.16. The van der Waals surface area contributed by atoms with Crippen LogP contribution in [0, 0.1) is 0 Å². The zero-order chi connectivity index (χ0) is 17.5. The van der Waals surface area contributed by atoms with E-state index in [1.165, 1.54) is 0 Å². The largest absolute Gasteiger partial charge is 0.481 e. The average Bonchev–Trinajstić information content (AvgIpc) is 2.41. The molecule has 9 heteroatoms. The van der Waals surface area contributed by atoms with Crippen molar-refractivity contribution in [2.24, 2.45) is 0 Å². The van der Waals surface area contributed by atoms with Crippen LogP contribution in [0.25, 0.3) is 0 Å². The lowest BCUT2D eigenvalue weighted by Gasteiger charge is -2.26. The van der Waals surface area contributed by atoms with Crippen molar-refractivity contribution in [2.75, 3.05) is 29.1 Å². The first-order valence-electron chi connectivity index (χ1n) is 7.59. The van der Waals surface area contributed by atoms with Crippen molar-refractivity contribution < 1.29 is 15.0 Å². The summed E-state index contributed by atoms with van der Waals surface area (Å²) in [4.78, 5) is 23.5. The van der Waals surface area contributed by atoms with E-state index < -0.39 is 11.5 Å². The van der Waals surface area contributed by atoms with Crippen LogP contribution in [0.2, 0.25) is 0 Å². The van der Waals surface area contributed by atoms with E-state index >= 15 is 0 Å². The Morgan fingerprint density at radius 2 is 1.78 bits per heavy atom. The average molecular weight is 326 g/mol. The molecule has 0 saturated carbocycles. The van der Waals surface area contributed by atoms with Crippen LogP contribution in [0.15, 0.2) is 0 Å². The predicted octanol–water partition coefficient (Wildman–Crippen LogP) is 1.15. The first-order valence-corrected chi connectivity index (χ1v) is 7.59. The summed E-state index contributed by atoms with van der Waals surface area (Å²) in [5.74, 6) is 0.252. The van der Waals surface area contributed by atoms with Gasteiger partial charge in [-0.05, 0) is 34.1 Å². The number of anilines is 3. The molecular formula is C14H26N6O3. The Balaban J connectivity index is 2.91. The van der Waals surface area contributed by atoms with E-state index in [9.17, 15) is 4.79 Å². The van der Waals surface area contributed by atoms with Crippen molar-refractivity contribution in [3.63, 3.8) is 0 Å². The topological polar surface area (TPSA) is 132 Å². The molecule has 0 amide bonds. The number of nitrogens with one attached hydrogen (secondary N) is 3. The molecule has 0 saturated heterocycles. The van der Waals surface area contributed by atoms with Gasteiger partial charge in [0.15, 0.2) is 0 Å². The second-order valence-electron chi connectivity index (χ2n) is 6.16. The van der Waals surface area contributed by atoms with E-state index in [2.05, 4.69) is 30.9 Å². The zero-order valence-electron chi connectivity index (χ0n) is 14.1. The minimum absolute atomic E-state index is 0.0362. The number of carboxylic acid groups (broad SMARTS) is 1. The molecular weight excluding hydrogens is 300 g/mol. The molecule has 0 atom stereocenters. The van der Waals surface area contributed by atoms with Crippen molar-refractivity contribution in [2.45, 2.75) is 52.1 Å². The number of nitrogens with zero attached hydrogens (tertiary/aromatic N) is 3. The normalized spacial score (nSPS) is 11.4.